The highest BCUT2D eigenvalue weighted by Gasteiger charge is 2.14. The normalized spacial score (nSPS) is 11.3. The van der Waals surface area contributed by atoms with Gasteiger partial charge in [0.15, 0.2) is 4.34 Å². The van der Waals surface area contributed by atoms with Gasteiger partial charge in [-0.25, -0.2) is 13.9 Å². The van der Waals surface area contributed by atoms with E-state index in [9.17, 15) is 4.39 Å². The third-order valence-electron chi connectivity index (χ3n) is 2.79. The van der Waals surface area contributed by atoms with Gasteiger partial charge in [0.1, 0.15) is 5.82 Å². The van der Waals surface area contributed by atoms with Crippen LogP contribution in [-0.4, -0.2) is 20.4 Å². The summed E-state index contributed by atoms with van der Waals surface area (Å²) in [6.07, 6.45) is 0. The molecule has 0 aliphatic rings. The highest BCUT2D eigenvalue weighted by Crippen LogP contribution is 2.30. The van der Waals surface area contributed by atoms with Crippen molar-refractivity contribution in [2.75, 3.05) is 5.75 Å². The van der Waals surface area contributed by atoms with E-state index >= 15 is 0 Å². The maximum absolute atomic E-state index is 12.9. The molecule has 3 nitrogen and oxygen atoms in total. The van der Waals surface area contributed by atoms with E-state index < -0.39 is 0 Å². The van der Waals surface area contributed by atoms with E-state index in [1.165, 1.54) is 12.1 Å². The Bertz CT molecular complexity index is 715. The van der Waals surface area contributed by atoms with Crippen LogP contribution >= 0.6 is 23.1 Å². The Kier molecular flexibility index (Phi) is 3.28. The molecule has 3 aromatic rings. The summed E-state index contributed by atoms with van der Waals surface area (Å²) in [7, 11) is 0. The van der Waals surface area contributed by atoms with Gasteiger partial charge in [-0.2, -0.15) is 0 Å². The van der Waals surface area contributed by atoms with Crippen molar-refractivity contribution < 1.29 is 4.39 Å². The molecule has 0 bridgehead atoms. The van der Waals surface area contributed by atoms with Crippen LogP contribution in [0.5, 0.6) is 0 Å². The van der Waals surface area contributed by atoms with Crippen LogP contribution in [0.15, 0.2) is 28.6 Å². The lowest BCUT2D eigenvalue weighted by Crippen LogP contribution is -1.89. The van der Waals surface area contributed by atoms with Crippen molar-refractivity contribution in [1.82, 2.24) is 14.6 Å². The molecule has 2 aromatic heterocycles. The number of benzene rings is 1. The summed E-state index contributed by atoms with van der Waals surface area (Å²) >= 11 is 3.30. The molecule has 0 saturated heterocycles. The Morgan fingerprint density at radius 1 is 1.32 bits per heavy atom. The van der Waals surface area contributed by atoms with Gasteiger partial charge in [0.05, 0.1) is 11.4 Å². The summed E-state index contributed by atoms with van der Waals surface area (Å²) in [5.41, 5.74) is 2.77. The molecule has 19 heavy (non-hydrogen) atoms. The fourth-order valence-corrected chi connectivity index (χ4v) is 3.77. The highest BCUT2D eigenvalue weighted by atomic mass is 32.2. The Hall–Kier alpha value is -1.40. The van der Waals surface area contributed by atoms with Gasteiger partial charge in [0.25, 0.3) is 0 Å². The van der Waals surface area contributed by atoms with Crippen LogP contribution in [-0.2, 0) is 0 Å². The zero-order valence-corrected chi connectivity index (χ0v) is 12.2. The van der Waals surface area contributed by atoms with Gasteiger partial charge in [-0.3, -0.25) is 0 Å². The molecule has 3 rings (SSSR count). The second kappa shape index (κ2) is 4.94. The zero-order valence-electron chi connectivity index (χ0n) is 10.6. The fourth-order valence-electron chi connectivity index (χ4n) is 1.89. The Balaban J connectivity index is 2.07. The van der Waals surface area contributed by atoms with Gasteiger partial charge in [-0.05, 0) is 36.9 Å². The number of rotatable bonds is 3. The summed E-state index contributed by atoms with van der Waals surface area (Å²) in [5.74, 6) is 0.766. The van der Waals surface area contributed by atoms with Crippen molar-refractivity contribution in [3.63, 3.8) is 0 Å². The van der Waals surface area contributed by atoms with E-state index in [1.807, 2.05) is 11.4 Å². The molecule has 0 radical (unpaired) electrons. The number of aromatic nitrogens is 3. The summed E-state index contributed by atoms with van der Waals surface area (Å²) < 4.78 is 15.8. The molecule has 0 fully saturated rings. The van der Waals surface area contributed by atoms with Gasteiger partial charge in [0, 0.05) is 5.56 Å². The van der Waals surface area contributed by atoms with Gasteiger partial charge in [0.2, 0.25) is 4.96 Å². The van der Waals surface area contributed by atoms with Gasteiger partial charge in [-0.1, -0.05) is 30.0 Å². The number of hydrogen-bond acceptors (Lipinski definition) is 4. The summed E-state index contributed by atoms with van der Waals surface area (Å²) in [5, 5.41) is 4.53. The van der Waals surface area contributed by atoms with E-state index in [2.05, 4.69) is 17.0 Å². The zero-order chi connectivity index (χ0) is 13.4. The summed E-state index contributed by atoms with van der Waals surface area (Å²) in [4.78, 5) is 5.48. The molecule has 0 atom stereocenters. The third kappa shape index (κ3) is 2.26. The monoisotopic (exact) mass is 293 g/mol. The standard InChI is InChI=1S/C13H12FN3S2/c1-3-18-13-16-17-8(2)11(15-12(17)19-13)9-4-6-10(14)7-5-9/h4-7H,3H2,1-2H3. The van der Waals surface area contributed by atoms with Crippen molar-refractivity contribution in [3.8, 4) is 11.3 Å². The van der Waals surface area contributed by atoms with Crippen LogP contribution in [0.25, 0.3) is 16.2 Å². The number of hydrogen-bond donors (Lipinski definition) is 0. The molecule has 0 aliphatic carbocycles. The van der Waals surface area contributed by atoms with E-state index in [-0.39, 0.29) is 5.82 Å². The Morgan fingerprint density at radius 3 is 2.68 bits per heavy atom. The molecule has 0 unspecified atom stereocenters. The van der Waals surface area contributed by atoms with Gasteiger partial charge < -0.3 is 0 Å². The minimum atomic E-state index is -0.234. The smallest absolute Gasteiger partial charge is 0.213 e. The van der Waals surface area contributed by atoms with E-state index in [0.717, 1.165) is 32.0 Å². The third-order valence-corrected chi connectivity index (χ3v) is 4.72. The molecule has 2 heterocycles. The predicted molar refractivity (Wildman–Crippen MR) is 77.4 cm³/mol. The lowest BCUT2D eigenvalue weighted by atomic mass is 10.1. The van der Waals surface area contributed by atoms with Crippen LogP contribution in [0, 0.1) is 12.7 Å². The second-order valence-electron chi connectivity index (χ2n) is 4.05. The molecular weight excluding hydrogens is 281 g/mol. The minimum Gasteiger partial charge on any atom is -0.217 e. The number of imidazole rings is 1. The first-order chi connectivity index (χ1) is 9.19. The van der Waals surface area contributed by atoms with Crippen LogP contribution in [0.1, 0.15) is 12.6 Å². The predicted octanol–water partition coefficient (Wildman–Crippen LogP) is 4.02. The van der Waals surface area contributed by atoms with Crippen LogP contribution in [0.4, 0.5) is 4.39 Å². The van der Waals surface area contributed by atoms with Crippen molar-refractivity contribution in [2.45, 2.75) is 18.2 Å². The van der Waals surface area contributed by atoms with Crippen molar-refractivity contribution >= 4 is 28.1 Å². The number of halogens is 1. The second-order valence-corrected chi connectivity index (χ2v) is 6.52. The molecule has 0 N–H and O–H groups in total. The topological polar surface area (TPSA) is 30.2 Å². The number of thioether (sulfide) groups is 1. The molecular formula is C13H12FN3S2. The van der Waals surface area contributed by atoms with Crippen molar-refractivity contribution in [2.24, 2.45) is 0 Å². The molecule has 6 heteroatoms. The Labute approximate surface area is 118 Å². The maximum Gasteiger partial charge on any atom is 0.213 e. The summed E-state index contributed by atoms with van der Waals surface area (Å²) in [6.45, 7) is 4.09. The van der Waals surface area contributed by atoms with Crippen molar-refractivity contribution in [1.29, 1.82) is 0 Å². The SMILES string of the molecule is CCSc1nn2c(C)c(-c3ccc(F)cc3)nc2s1. The largest absolute Gasteiger partial charge is 0.217 e. The highest BCUT2D eigenvalue weighted by molar-refractivity contribution is 8.01. The minimum absolute atomic E-state index is 0.234. The molecule has 0 spiro atoms. The lowest BCUT2D eigenvalue weighted by molar-refractivity contribution is 0.628. The first-order valence-corrected chi connectivity index (χ1v) is 7.74. The van der Waals surface area contributed by atoms with Crippen LogP contribution in [0.2, 0.25) is 0 Å². The van der Waals surface area contributed by atoms with Crippen molar-refractivity contribution in [3.05, 3.63) is 35.8 Å². The average molecular weight is 293 g/mol. The fraction of sp³-hybridized carbons (Fsp3) is 0.231. The molecule has 1 aromatic carbocycles. The van der Waals surface area contributed by atoms with Gasteiger partial charge in [-0.15, -0.1) is 5.10 Å². The number of nitrogens with zero attached hydrogens (tertiary/aromatic N) is 3. The van der Waals surface area contributed by atoms with E-state index in [1.54, 1.807) is 35.2 Å². The molecule has 0 amide bonds. The quantitative estimate of drug-likeness (QED) is 0.683. The Morgan fingerprint density at radius 2 is 2.05 bits per heavy atom. The van der Waals surface area contributed by atoms with E-state index in [4.69, 9.17) is 0 Å². The molecule has 98 valence electrons. The summed E-state index contributed by atoms with van der Waals surface area (Å²) in [6, 6.07) is 6.40. The lowest BCUT2D eigenvalue weighted by Gasteiger charge is -1.98. The van der Waals surface area contributed by atoms with Crippen LogP contribution in [0.3, 0.4) is 0 Å². The van der Waals surface area contributed by atoms with E-state index in [0.29, 0.717) is 0 Å². The average Bonchev–Trinajstić information content (AvgIpc) is 2.91. The first-order valence-electron chi connectivity index (χ1n) is 5.94. The number of fused-ring (bicyclic) bond motifs is 1. The molecule has 0 saturated carbocycles. The van der Waals surface area contributed by atoms with Gasteiger partial charge >= 0.3 is 0 Å². The first kappa shape index (κ1) is 12.6. The number of aryl methyl sites for hydroxylation is 1. The maximum atomic E-state index is 12.9. The molecule has 0 aliphatic heterocycles. The van der Waals surface area contributed by atoms with Crippen LogP contribution < -0.4 is 0 Å².